The zero-order valence-electron chi connectivity index (χ0n) is 16.4. The van der Waals surface area contributed by atoms with Crippen LogP contribution in [0.5, 0.6) is 5.75 Å². The van der Waals surface area contributed by atoms with Crippen molar-refractivity contribution in [2.24, 2.45) is 0 Å². The van der Waals surface area contributed by atoms with Gasteiger partial charge in [-0.15, -0.1) is 0 Å². The molecule has 3 rings (SSSR count). The largest absolute Gasteiger partial charge is 0.508 e. The number of amides is 1. The van der Waals surface area contributed by atoms with Crippen LogP contribution in [0.15, 0.2) is 48.5 Å². The van der Waals surface area contributed by atoms with E-state index in [1.54, 1.807) is 6.07 Å². The number of aromatic hydroxyl groups is 1. The lowest BCUT2D eigenvalue weighted by molar-refractivity contribution is -0.119. The zero-order chi connectivity index (χ0) is 19.2. The number of carbonyl (C=O) groups excluding carboxylic acids is 1. The highest BCUT2D eigenvalue weighted by Crippen LogP contribution is 2.27. The Morgan fingerprint density at radius 3 is 2.56 bits per heavy atom. The molecule has 0 unspecified atom stereocenters. The average molecular weight is 367 g/mol. The minimum atomic E-state index is 0.224. The molecule has 1 saturated heterocycles. The molecule has 4 heteroatoms. The fourth-order valence-electron chi connectivity index (χ4n) is 3.89. The van der Waals surface area contributed by atoms with Gasteiger partial charge in [-0.1, -0.05) is 37.3 Å². The van der Waals surface area contributed by atoms with Crippen molar-refractivity contribution in [3.8, 4) is 5.75 Å². The van der Waals surface area contributed by atoms with Crippen molar-refractivity contribution in [2.75, 3.05) is 18.0 Å². The van der Waals surface area contributed by atoms with Crippen molar-refractivity contribution < 1.29 is 9.90 Å². The van der Waals surface area contributed by atoms with Gasteiger partial charge in [0.25, 0.3) is 0 Å². The van der Waals surface area contributed by atoms with Gasteiger partial charge in [-0.3, -0.25) is 9.69 Å². The van der Waals surface area contributed by atoms with E-state index in [0.29, 0.717) is 12.2 Å². The molecule has 0 bridgehead atoms. The third-order valence-electron chi connectivity index (χ3n) is 5.32. The van der Waals surface area contributed by atoms with Crippen molar-refractivity contribution in [1.82, 2.24) is 4.90 Å². The monoisotopic (exact) mass is 366 g/mol. The molecular formula is C23H30N2O2. The van der Waals surface area contributed by atoms with E-state index in [0.717, 1.165) is 50.1 Å². The molecule has 1 heterocycles. The number of benzene rings is 2. The number of anilines is 1. The molecule has 0 saturated carbocycles. The van der Waals surface area contributed by atoms with Crippen LogP contribution >= 0.6 is 0 Å². The molecule has 0 atom stereocenters. The molecule has 0 aromatic heterocycles. The number of likely N-dealkylation sites (tertiary alicyclic amines) is 1. The molecule has 0 radical (unpaired) electrons. The van der Waals surface area contributed by atoms with Crippen molar-refractivity contribution in [3.63, 3.8) is 0 Å². The fourth-order valence-corrected chi connectivity index (χ4v) is 3.89. The van der Waals surface area contributed by atoms with Crippen LogP contribution in [0.3, 0.4) is 0 Å². The Hall–Kier alpha value is -2.33. The summed E-state index contributed by atoms with van der Waals surface area (Å²) in [5.74, 6) is 0.585. The van der Waals surface area contributed by atoms with E-state index in [4.69, 9.17) is 0 Å². The summed E-state index contributed by atoms with van der Waals surface area (Å²) < 4.78 is 0. The van der Waals surface area contributed by atoms with Crippen LogP contribution in [0.2, 0.25) is 0 Å². The van der Waals surface area contributed by atoms with Gasteiger partial charge in [0, 0.05) is 43.3 Å². The summed E-state index contributed by atoms with van der Waals surface area (Å²) in [6, 6.07) is 16.0. The van der Waals surface area contributed by atoms with Crippen molar-refractivity contribution in [3.05, 3.63) is 59.7 Å². The third-order valence-corrected chi connectivity index (χ3v) is 5.32. The molecule has 4 nitrogen and oxygen atoms in total. The number of piperidine rings is 1. The van der Waals surface area contributed by atoms with Crippen LogP contribution in [-0.2, 0) is 11.3 Å². The summed E-state index contributed by atoms with van der Waals surface area (Å²) in [4.78, 5) is 17.3. The van der Waals surface area contributed by atoms with Gasteiger partial charge in [-0.2, -0.15) is 0 Å². The molecule has 1 fully saturated rings. The molecule has 1 aliphatic heterocycles. The highest BCUT2D eigenvalue weighted by molar-refractivity contribution is 5.94. The molecule has 1 amide bonds. The molecule has 27 heavy (non-hydrogen) atoms. The first-order valence-corrected chi connectivity index (χ1v) is 9.96. The number of phenolic OH excluding ortho intramolecular Hbond substituents is 1. The van der Waals surface area contributed by atoms with Crippen molar-refractivity contribution >= 4 is 11.6 Å². The Bertz CT molecular complexity index is 766. The maximum atomic E-state index is 12.9. The molecule has 1 aliphatic rings. The highest BCUT2D eigenvalue weighted by Gasteiger charge is 2.29. The number of aryl methyl sites for hydroxylation is 1. The lowest BCUT2D eigenvalue weighted by atomic mass is 10.00. The maximum absolute atomic E-state index is 12.9. The summed E-state index contributed by atoms with van der Waals surface area (Å²) in [6.07, 6.45) is 3.37. The number of hydrogen-bond donors (Lipinski definition) is 1. The molecule has 0 spiro atoms. The molecule has 2 aromatic carbocycles. The number of rotatable bonds is 6. The summed E-state index contributed by atoms with van der Waals surface area (Å²) >= 11 is 0. The van der Waals surface area contributed by atoms with Crippen molar-refractivity contribution in [2.45, 2.75) is 52.1 Å². The van der Waals surface area contributed by atoms with Crippen LogP contribution < -0.4 is 4.90 Å². The van der Waals surface area contributed by atoms with Gasteiger partial charge < -0.3 is 10.0 Å². The minimum absolute atomic E-state index is 0.224. The van der Waals surface area contributed by atoms with E-state index >= 15 is 0 Å². The van der Waals surface area contributed by atoms with E-state index in [1.165, 1.54) is 5.56 Å². The summed E-state index contributed by atoms with van der Waals surface area (Å²) in [5, 5.41) is 10.0. The second kappa shape index (κ2) is 9.05. The highest BCUT2D eigenvalue weighted by atomic mass is 16.3. The van der Waals surface area contributed by atoms with Crippen LogP contribution in [0.1, 0.15) is 43.7 Å². The third kappa shape index (κ3) is 4.89. The lowest BCUT2D eigenvalue weighted by Gasteiger charge is -2.39. The summed E-state index contributed by atoms with van der Waals surface area (Å²) in [7, 11) is 0. The second-order valence-electron chi connectivity index (χ2n) is 7.49. The smallest absolute Gasteiger partial charge is 0.227 e. The van der Waals surface area contributed by atoms with E-state index in [9.17, 15) is 9.90 Å². The van der Waals surface area contributed by atoms with Gasteiger partial charge >= 0.3 is 0 Å². The summed E-state index contributed by atoms with van der Waals surface area (Å²) in [6.45, 7) is 6.75. The van der Waals surface area contributed by atoms with Gasteiger partial charge in [0.15, 0.2) is 0 Å². The number of para-hydroxylation sites is 1. The van der Waals surface area contributed by atoms with Crippen LogP contribution in [0.4, 0.5) is 5.69 Å². The van der Waals surface area contributed by atoms with Crippen LogP contribution in [0, 0.1) is 6.92 Å². The van der Waals surface area contributed by atoms with E-state index in [1.807, 2.05) is 29.2 Å². The lowest BCUT2D eigenvalue weighted by Crippen LogP contribution is -2.47. The topological polar surface area (TPSA) is 43.8 Å². The molecule has 2 aromatic rings. The predicted octanol–water partition coefficient (Wildman–Crippen LogP) is 4.50. The zero-order valence-corrected chi connectivity index (χ0v) is 16.4. The van der Waals surface area contributed by atoms with Gasteiger partial charge in [0.1, 0.15) is 5.75 Å². The van der Waals surface area contributed by atoms with Gasteiger partial charge in [-0.05, 0) is 49.9 Å². The first kappa shape index (κ1) is 19.4. The number of nitrogens with zero attached hydrogens (tertiary/aromatic N) is 2. The summed E-state index contributed by atoms with van der Waals surface area (Å²) in [5.41, 5.74) is 3.17. The Labute approximate surface area is 162 Å². The Balaban J connectivity index is 1.69. The Morgan fingerprint density at radius 2 is 1.89 bits per heavy atom. The number of carbonyl (C=O) groups is 1. The van der Waals surface area contributed by atoms with E-state index in [2.05, 4.69) is 36.9 Å². The molecular weight excluding hydrogens is 336 g/mol. The normalized spacial score (nSPS) is 15.6. The first-order chi connectivity index (χ1) is 13.1. The average Bonchev–Trinajstić information content (AvgIpc) is 2.65. The van der Waals surface area contributed by atoms with Gasteiger partial charge in [0.2, 0.25) is 5.91 Å². The van der Waals surface area contributed by atoms with E-state index in [-0.39, 0.29) is 11.9 Å². The molecule has 144 valence electrons. The number of hydrogen-bond acceptors (Lipinski definition) is 3. The second-order valence-corrected chi connectivity index (χ2v) is 7.49. The number of phenols is 1. The van der Waals surface area contributed by atoms with Gasteiger partial charge in [-0.25, -0.2) is 0 Å². The maximum Gasteiger partial charge on any atom is 0.227 e. The van der Waals surface area contributed by atoms with E-state index < -0.39 is 0 Å². The van der Waals surface area contributed by atoms with Crippen LogP contribution in [0.25, 0.3) is 0 Å². The molecule has 0 aliphatic carbocycles. The van der Waals surface area contributed by atoms with Gasteiger partial charge in [0.05, 0.1) is 0 Å². The Kier molecular flexibility index (Phi) is 6.51. The molecule has 1 N–H and O–H groups in total. The Morgan fingerprint density at radius 1 is 1.15 bits per heavy atom. The first-order valence-electron chi connectivity index (χ1n) is 9.96. The minimum Gasteiger partial charge on any atom is -0.508 e. The fraction of sp³-hybridized carbons (Fsp3) is 0.435. The standard InChI is InChI=1S/C23H30N2O2/c1-3-7-23(27)25(21-10-6-8-18(2)16-21)20-12-14-24(15-13-20)17-19-9-4-5-11-22(19)26/h4-6,8-11,16,20,26H,3,7,12-15,17H2,1-2H3. The van der Waals surface area contributed by atoms with Crippen LogP contribution in [-0.4, -0.2) is 35.0 Å². The van der Waals surface area contributed by atoms with Crippen molar-refractivity contribution in [1.29, 1.82) is 0 Å². The SMILES string of the molecule is CCCC(=O)N(c1cccc(C)c1)C1CCN(Cc2ccccc2O)CC1. The predicted molar refractivity (Wildman–Crippen MR) is 110 cm³/mol. The quantitative estimate of drug-likeness (QED) is 0.819.